The Morgan fingerprint density at radius 3 is 2.25 bits per heavy atom. The van der Waals surface area contributed by atoms with Crippen LogP contribution in [0.4, 0.5) is 5.69 Å². The lowest BCUT2D eigenvalue weighted by molar-refractivity contribution is 0.102. The third kappa shape index (κ3) is 4.43. The van der Waals surface area contributed by atoms with Crippen LogP contribution in [0.15, 0.2) is 59.5 Å². The standard InChI is InChI=1S/C18H22N2O3S/c1-3-4-14-20(2)24(22,23)17-12-10-16(11-13-17)19-18(21)15-8-6-5-7-9-15/h5-13H,3-4,14H2,1-2H3,(H,19,21). The Morgan fingerprint density at radius 2 is 1.67 bits per heavy atom. The quantitative estimate of drug-likeness (QED) is 0.836. The summed E-state index contributed by atoms with van der Waals surface area (Å²) in [6.07, 6.45) is 1.76. The molecule has 0 aromatic heterocycles. The second-order valence-corrected chi connectivity index (χ2v) is 7.57. The number of amides is 1. The van der Waals surface area contributed by atoms with Crippen LogP contribution in [0.25, 0.3) is 0 Å². The molecule has 24 heavy (non-hydrogen) atoms. The molecule has 2 rings (SSSR count). The molecule has 0 radical (unpaired) electrons. The van der Waals surface area contributed by atoms with E-state index in [1.54, 1.807) is 43.4 Å². The van der Waals surface area contributed by atoms with Gasteiger partial charge in [-0.2, -0.15) is 0 Å². The summed E-state index contributed by atoms with van der Waals surface area (Å²) < 4.78 is 26.2. The molecule has 6 heteroatoms. The number of benzene rings is 2. The van der Waals surface area contributed by atoms with Crippen molar-refractivity contribution < 1.29 is 13.2 Å². The van der Waals surface area contributed by atoms with E-state index in [9.17, 15) is 13.2 Å². The van der Waals surface area contributed by atoms with Gasteiger partial charge in [-0.25, -0.2) is 12.7 Å². The Balaban J connectivity index is 2.09. The maximum atomic E-state index is 12.4. The molecular weight excluding hydrogens is 324 g/mol. The fraction of sp³-hybridized carbons (Fsp3) is 0.278. The Kier molecular flexibility index (Phi) is 6.11. The van der Waals surface area contributed by atoms with Gasteiger partial charge in [0.15, 0.2) is 0 Å². The van der Waals surface area contributed by atoms with Gasteiger partial charge in [0.2, 0.25) is 10.0 Å². The van der Waals surface area contributed by atoms with Crippen LogP contribution in [0, 0.1) is 0 Å². The molecule has 0 fully saturated rings. The third-order valence-corrected chi connectivity index (χ3v) is 5.55. The van der Waals surface area contributed by atoms with Crippen molar-refractivity contribution in [1.29, 1.82) is 0 Å². The van der Waals surface area contributed by atoms with E-state index < -0.39 is 10.0 Å². The molecule has 0 heterocycles. The van der Waals surface area contributed by atoms with E-state index in [0.717, 1.165) is 12.8 Å². The predicted molar refractivity (Wildman–Crippen MR) is 95.6 cm³/mol. The molecule has 0 saturated heterocycles. The summed E-state index contributed by atoms with van der Waals surface area (Å²) >= 11 is 0. The van der Waals surface area contributed by atoms with Gasteiger partial charge in [0, 0.05) is 24.8 Å². The van der Waals surface area contributed by atoms with Crippen molar-refractivity contribution in [2.45, 2.75) is 24.7 Å². The van der Waals surface area contributed by atoms with Crippen LogP contribution in [0.2, 0.25) is 0 Å². The highest BCUT2D eigenvalue weighted by atomic mass is 32.2. The second-order valence-electron chi connectivity index (χ2n) is 5.52. The van der Waals surface area contributed by atoms with Crippen molar-refractivity contribution in [2.75, 3.05) is 18.9 Å². The van der Waals surface area contributed by atoms with E-state index >= 15 is 0 Å². The van der Waals surface area contributed by atoms with Crippen LogP contribution >= 0.6 is 0 Å². The number of hydrogen-bond donors (Lipinski definition) is 1. The van der Waals surface area contributed by atoms with Crippen molar-refractivity contribution >= 4 is 21.6 Å². The molecule has 1 amide bonds. The van der Waals surface area contributed by atoms with Gasteiger partial charge >= 0.3 is 0 Å². The molecule has 5 nitrogen and oxygen atoms in total. The summed E-state index contributed by atoms with van der Waals surface area (Å²) in [5, 5.41) is 2.75. The first kappa shape index (κ1) is 18.2. The minimum absolute atomic E-state index is 0.221. The van der Waals surface area contributed by atoms with E-state index in [2.05, 4.69) is 5.32 Å². The SMILES string of the molecule is CCCCN(C)S(=O)(=O)c1ccc(NC(=O)c2ccccc2)cc1. The van der Waals surface area contributed by atoms with E-state index in [0.29, 0.717) is 17.8 Å². The highest BCUT2D eigenvalue weighted by molar-refractivity contribution is 7.89. The fourth-order valence-corrected chi connectivity index (χ4v) is 3.39. The number of nitrogens with one attached hydrogen (secondary N) is 1. The molecule has 2 aromatic rings. The van der Waals surface area contributed by atoms with Gasteiger partial charge in [-0.15, -0.1) is 0 Å². The van der Waals surface area contributed by atoms with Gasteiger partial charge in [0.1, 0.15) is 0 Å². The molecule has 0 unspecified atom stereocenters. The van der Waals surface area contributed by atoms with Gasteiger partial charge in [-0.05, 0) is 42.8 Å². The van der Waals surface area contributed by atoms with E-state index in [1.807, 2.05) is 13.0 Å². The maximum Gasteiger partial charge on any atom is 0.255 e. The molecule has 0 atom stereocenters. The average molecular weight is 346 g/mol. The first-order chi connectivity index (χ1) is 11.4. The number of unbranched alkanes of at least 4 members (excludes halogenated alkanes) is 1. The summed E-state index contributed by atoms with van der Waals surface area (Å²) in [5.41, 5.74) is 1.10. The molecule has 0 aliphatic rings. The van der Waals surface area contributed by atoms with E-state index in [-0.39, 0.29) is 10.8 Å². The highest BCUT2D eigenvalue weighted by Crippen LogP contribution is 2.18. The van der Waals surface area contributed by atoms with Gasteiger partial charge in [-0.1, -0.05) is 31.5 Å². The maximum absolute atomic E-state index is 12.4. The van der Waals surface area contributed by atoms with Crippen molar-refractivity contribution in [3.63, 3.8) is 0 Å². The van der Waals surface area contributed by atoms with E-state index in [4.69, 9.17) is 0 Å². The number of nitrogens with zero attached hydrogens (tertiary/aromatic N) is 1. The number of carbonyl (C=O) groups excluding carboxylic acids is 1. The normalized spacial score (nSPS) is 11.5. The van der Waals surface area contributed by atoms with Crippen LogP contribution in [-0.2, 0) is 10.0 Å². The number of sulfonamides is 1. The van der Waals surface area contributed by atoms with Crippen LogP contribution in [0.3, 0.4) is 0 Å². The second kappa shape index (κ2) is 8.08. The zero-order valence-electron chi connectivity index (χ0n) is 13.9. The van der Waals surface area contributed by atoms with Gasteiger partial charge in [0.25, 0.3) is 5.91 Å². The zero-order chi connectivity index (χ0) is 17.6. The van der Waals surface area contributed by atoms with Gasteiger partial charge in [0.05, 0.1) is 4.90 Å². The molecule has 0 saturated carbocycles. The topological polar surface area (TPSA) is 66.5 Å². The van der Waals surface area contributed by atoms with Gasteiger partial charge in [-0.3, -0.25) is 4.79 Å². The molecule has 0 aliphatic heterocycles. The van der Waals surface area contributed by atoms with Crippen LogP contribution in [-0.4, -0.2) is 32.2 Å². The first-order valence-electron chi connectivity index (χ1n) is 7.88. The molecule has 1 N–H and O–H groups in total. The third-order valence-electron chi connectivity index (χ3n) is 3.68. The summed E-state index contributed by atoms with van der Waals surface area (Å²) in [5.74, 6) is -0.230. The summed E-state index contributed by atoms with van der Waals surface area (Å²) in [7, 11) is -1.91. The zero-order valence-corrected chi connectivity index (χ0v) is 14.7. The van der Waals surface area contributed by atoms with Crippen molar-refractivity contribution in [1.82, 2.24) is 4.31 Å². The lowest BCUT2D eigenvalue weighted by atomic mass is 10.2. The Morgan fingerprint density at radius 1 is 1.04 bits per heavy atom. The van der Waals surface area contributed by atoms with Crippen molar-refractivity contribution in [2.24, 2.45) is 0 Å². The van der Waals surface area contributed by atoms with Crippen LogP contribution in [0.1, 0.15) is 30.1 Å². The molecule has 0 aliphatic carbocycles. The minimum Gasteiger partial charge on any atom is -0.322 e. The number of carbonyl (C=O) groups is 1. The summed E-state index contributed by atoms with van der Waals surface area (Å²) in [4.78, 5) is 12.3. The smallest absolute Gasteiger partial charge is 0.255 e. The number of rotatable bonds is 7. The Bertz CT molecular complexity index is 772. The number of anilines is 1. The minimum atomic E-state index is -3.49. The monoisotopic (exact) mass is 346 g/mol. The average Bonchev–Trinajstić information content (AvgIpc) is 2.60. The Hall–Kier alpha value is -2.18. The van der Waals surface area contributed by atoms with Crippen molar-refractivity contribution in [3.8, 4) is 0 Å². The van der Waals surface area contributed by atoms with Crippen LogP contribution in [0.5, 0.6) is 0 Å². The lowest BCUT2D eigenvalue weighted by Gasteiger charge is -2.17. The number of hydrogen-bond acceptors (Lipinski definition) is 3. The molecule has 128 valence electrons. The molecule has 0 spiro atoms. The lowest BCUT2D eigenvalue weighted by Crippen LogP contribution is -2.27. The first-order valence-corrected chi connectivity index (χ1v) is 9.32. The van der Waals surface area contributed by atoms with E-state index in [1.165, 1.54) is 16.4 Å². The van der Waals surface area contributed by atoms with Crippen molar-refractivity contribution in [3.05, 3.63) is 60.2 Å². The largest absolute Gasteiger partial charge is 0.322 e. The summed E-state index contributed by atoms with van der Waals surface area (Å²) in [6, 6.07) is 15.1. The molecular formula is C18H22N2O3S. The Labute approximate surface area is 143 Å². The summed E-state index contributed by atoms with van der Waals surface area (Å²) in [6.45, 7) is 2.51. The van der Waals surface area contributed by atoms with Crippen LogP contribution < -0.4 is 5.32 Å². The molecule has 2 aromatic carbocycles. The predicted octanol–water partition coefficient (Wildman–Crippen LogP) is 3.36. The highest BCUT2D eigenvalue weighted by Gasteiger charge is 2.20. The molecule has 0 bridgehead atoms. The fourth-order valence-electron chi connectivity index (χ4n) is 2.18. The van der Waals surface area contributed by atoms with Gasteiger partial charge < -0.3 is 5.32 Å².